The first-order valence-electron chi connectivity index (χ1n) is 16.3. The number of amides is 4. The van der Waals surface area contributed by atoms with Crippen molar-refractivity contribution >= 4 is 46.1 Å². The van der Waals surface area contributed by atoms with Crippen LogP contribution < -0.4 is 26.8 Å². The van der Waals surface area contributed by atoms with Crippen molar-refractivity contribution in [2.75, 3.05) is 18.9 Å². The van der Waals surface area contributed by atoms with Crippen LogP contribution in [0.2, 0.25) is 0 Å². The van der Waals surface area contributed by atoms with Gasteiger partial charge in [-0.3, -0.25) is 28.8 Å². The molecule has 4 aliphatic rings. The molecule has 0 spiro atoms. The van der Waals surface area contributed by atoms with Crippen LogP contribution in [0, 0.1) is 30.1 Å². The molecule has 0 unspecified atom stereocenters. The van der Waals surface area contributed by atoms with Crippen LogP contribution in [0.15, 0.2) is 51.8 Å². The van der Waals surface area contributed by atoms with Gasteiger partial charge in [0.2, 0.25) is 17.6 Å². The minimum Gasteiger partial charge on any atom is -0.451 e. The lowest BCUT2D eigenvalue weighted by molar-refractivity contribution is -0.137. The molecule has 4 fully saturated rings. The van der Waals surface area contributed by atoms with E-state index >= 15 is 0 Å². The number of likely N-dealkylation sites (N-methyl/N-ethyl adjacent to an activating group) is 1. The molecular formula is C35H41N5O7. The predicted molar refractivity (Wildman–Crippen MR) is 173 cm³/mol. The number of aryl methyl sites for hydroxylation is 1. The maximum atomic E-state index is 13.5. The third-order valence-corrected chi connectivity index (χ3v) is 10.2. The molecule has 4 aliphatic carbocycles. The van der Waals surface area contributed by atoms with Gasteiger partial charge in [-0.2, -0.15) is 0 Å². The molecular weight excluding hydrogens is 602 g/mol. The molecule has 12 heteroatoms. The highest BCUT2D eigenvalue weighted by molar-refractivity contribution is 6.36. The number of nitrogens with zero attached hydrogens (tertiary/aromatic N) is 1. The summed E-state index contributed by atoms with van der Waals surface area (Å²) in [4.78, 5) is 77.2. The molecule has 4 bridgehead atoms. The van der Waals surface area contributed by atoms with Gasteiger partial charge in [0.15, 0.2) is 5.76 Å². The number of hydrogen-bond acceptors (Lipinski definition) is 7. The van der Waals surface area contributed by atoms with Crippen LogP contribution in [-0.4, -0.2) is 53.6 Å². The highest BCUT2D eigenvalue weighted by Crippen LogP contribution is 2.59. The lowest BCUT2D eigenvalue weighted by atomic mass is 9.49. The van der Waals surface area contributed by atoms with Crippen molar-refractivity contribution in [2.45, 2.75) is 70.9 Å². The van der Waals surface area contributed by atoms with Gasteiger partial charge in [0.05, 0.1) is 0 Å². The van der Waals surface area contributed by atoms with E-state index in [9.17, 15) is 28.8 Å². The molecule has 3 aromatic rings. The summed E-state index contributed by atoms with van der Waals surface area (Å²) in [6.45, 7) is 2.12. The third-order valence-electron chi connectivity index (χ3n) is 10.2. The van der Waals surface area contributed by atoms with Crippen LogP contribution in [-0.2, 0) is 25.7 Å². The van der Waals surface area contributed by atoms with Gasteiger partial charge in [0.1, 0.15) is 23.9 Å². The van der Waals surface area contributed by atoms with Crippen LogP contribution >= 0.6 is 0 Å². The van der Waals surface area contributed by atoms with E-state index in [4.69, 9.17) is 4.42 Å². The van der Waals surface area contributed by atoms with Gasteiger partial charge in [0.25, 0.3) is 17.4 Å². The Morgan fingerprint density at radius 1 is 0.979 bits per heavy atom. The zero-order valence-corrected chi connectivity index (χ0v) is 26.7. The van der Waals surface area contributed by atoms with Crippen molar-refractivity contribution in [3.8, 4) is 0 Å². The molecule has 1 aromatic carbocycles. The molecule has 0 radical (unpaired) electrons. The van der Waals surface area contributed by atoms with Crippen LogP contribution in [0.3, 0.4) is 0 Å². The summed E-state index contributed by atoms with van der Waals surface area (Å²) in [5.74, 6) is -1.02. The van der Waals surface area contributed by atoms with E-state index in [0.29, 0.717) is 17.7 Å². The van der Waals surface area contributed by atoms with E-state index in [2.05, 4.69) is 21.3 Å². The molecule has 4 saturated carbocycles. The number of aromatic nitrogens is 1. The van der Waals surface area contributed by atoms with Gasteiger partial charge in [-0.15, -0.1) is 0 Å². The maximum absolute atomic E-state index is 13.5. The Labute approximate surface area is 272 Å². The highest BCUT2D eigenvalue weighted by Gasteiger charge is 2.50. The number of hydrogen-bond donors (Lipinski definition) is 4. The van der Waals surface area contributed by atoms with Crippen molar-refractivity contribution in [3.63, 3.8) is 0 Å². The van der Waals surface area contributed by atoms with Crippen molar-refractivity contribution in [2.24, 2.45) is 23.2 Å². The fraction of sp³-hybridized carbons (Fsp3) is 0.486. The SMILES string of the molecule is CNC(=O)C(=O)CC[C@H](NC(=O)c1oc2ccccc2c1C)C(=O)Nc1cccn(CC(=O)NCC23CC4CC(CC(C4)C2)C3)c1=O. The molecule has 1 atom stereocenters. The van der Waals surface area contributed by atoms with Crippen LogP contribution in [0.1, 0.15) is 67.5 Å². The second-order valence-electron chi connectivity index (χ2n) is 13.7. The van der Waals surface area contributed by atoms with Crippen molar-refractivity contribution < 1.29 is 28.4 Å². The first-order valence-corrected chi connectivity index (χ1v) is 16.3. The first-order chi connectivity index (χ1) is 22.5. The molecule has 2 aromatic heterocycles. The Morgan fingerprint density at radius 2 is 1.66 bits per heavy atom. The van der Waals surface area contributed by atoms with E-state index in [1.165, 1.54) is 43.1 Å². The monoisotopic (exact) mass is 643 g/mol. The molecule has 4 N–H and O–H groups in total. The fourth-order valence-corrected chi connectivity index (χ4v) is 8.39. The lowest BCUT2D eigenvalue weighted by Crippen LogP contribution is -2.51. The molecule has 0 aliphatic heterocycles. The maximum Gasteiger partial charge on any atom is 0.287 e. The standard InChI is InChI=1S/C35H41N5O7/c1-20-24-6-3-4-8-28(24)47-30(20)33(45)38-25(9-10-27(41)32(44)36-2)31(43)39-26-7-5-11-40(34(26)46)18-29(42)37-19-35-15-21-12-22(16-35)14-23(13-21)17-35/h3-8,11,21-23,25H,9-10,12-19H2,1-2H3,(H,36,44)(H,37,42)(H,38,45)(H,39,43)/t21?,22?,23?,25-,35?/m0/s1. The summed E-state index contributed by atoms with van der Waals surface area (Å²) < 4.78 is 6.96. The number of pyridine rings is 1. The number of anilines is 1. The summed E-state index contributed by atoms with van der Waals surface area (Å²) in [6.07, 6.45) is 8.35. The Hall–Kier alpha value is -4.74. The minimum atomic E-state index is -1.29. The second kappa shape index (κ2) is 13.2. The smallest absolute Gasteiger partial charge is 0.287 e. The minimum absolute atomic E-state index is 0.00301. The summed E-state index contributed by atoms with van der Waals surface area (Å²) in [5.41, 5.74) is 0.544. The number of furan rings is 1. The van der Waals surface area contributed by atoms with Gasteiger partial charge in [0, 0.05) is 37.2 Å². The van der Waals surface area contributed by atoms with Crippen molar-refractivity contribution in [3.05, 3.63) is 64.3 Å². The van der Waals surface area contributed by atoms with Crippen LogP contribution in [0.4, 0.5) is 5.69 Å². The largest absolute Gasteiger partial charge is 0.451 e. The predicted octanol–water partition coefficient (Wildman–Crippen LogP) is 3.07. The Balaban J connectivity index is 1.12. The fourth-order valence-electron chi connectivity index (χ4n) is 8.39. The van der Waals surface area contributed by atoms with Gasteiger partial charge < -0.3 is 30.3 Å². The molecule has 47 heavy (non-hydrogen) atoms. The number of para-hydroxylation sites is 1. The summed E-state index contributed by atoms with van der Waals surface area (Å²) in [7, 11) is 1.32. The average molecular weight is 644 g/mol. The van der Waals surface area contributed by atoms with E-state index in [1.807, 2.05) is 6.07 Å². The van der Waals surface area contributed by atoms with Crippen LogP contribution in [0.5, 0.6) is 0 Å². The highest BCUT2D eigenvalue weighted by atomic mass is 16.3. The normalized spacial score (nSPS) is 23.2. The molecule has 0 saturated heterocycles. The Bertz CT molecular complexity index is 1750. The number of benzene rings is 1. The zero-order valence-electron chi connectivity index (χ0n) is 26.7. The Kier molecular flexibility index (Phi) is 9.03. The van der Waals surface area contributed by atoms with Crippen molar-refractivity contribution in [1.29, 1.82) is 0 Å². The van der Waals surface area contributed by atoms with Gasteiger partial charge in [-0.1, -0.05) is 18.2 Å². The summed E-state index contributed by atoms with van der Waals surface area (Å²) >= 11 is 0. The van der Waals surface area contributed by atoms with E-state index in [-0.39, 0.29) is 42.2 Å². The van der Waals surface area contributed by atoms with Crippen molar-refractivity contribution in [1.82, 2.24) is 20.5 Å². The molecule has 12 nitrogen and oxygen atoms in total. The van der Waals surface area contributed by atoms with E-state index in [1.54, 1.807) is 31.2 Å². The zero-order chi connectivity index (χ0) is 33.3. The topological polar surface area (TPSA) is 169 Å². The lowest BCUT2D eigenvalue weighted by Gasteiger charge is -2.56. The quantitative estimate of drug-likeness (QED) is 0.220. The van der Waals surface area contributed by atoms with E-state index < -0.39 is 35.1 Å². The number of nitrogens with one attached hydrogen (secondary N) is 4. The van der Waals surface area contributed by atoms with Gasteiger partial charge in [-0.05, 0) is 93.2 Å². The summed E-state index contributed by atoms with van der Waals surface area (Å²) in [6, 6.07) is 8.77. The van der Waals surface area contributed by atoms with Gasteiger partial charge in [-0.25, -0.2) is 0 Å². The molecule has 248 valence electrons. The molecule has 4 amide bonds. The van der Waals surface area contributed by atoms with E-state index in [0.717, 1.165) is 42.4 Å². The number of carbonyl (C=O) groups excluding carboxylic acids is 5. The number of ketones is 1. The second-order valence-corrected chi connectivity index (χ2v) is 13.7. The molecule has 7 rings (SSSR count). The first kappa shape index (κ1) is 32.2. The number of fused-ring (bicyclic) bond motifs is 1. The average Bonchev–Trinajstić information content (AvgIpc) is 3.39. The Morgan fingerprint density at radius 3 is 2.32 bits per heavy atom. The number of Topliss-reactive ketones (excluding diaryl/α,β-unsaturated/α-hetero) is 1. The van der Waals surface area contributed by atoms with Crippen LogP contribution in [0.25, 0.3) is 11.0 Å². The molecule has 2 heterocycles. The summed E-state index contributed by atoms with van der Waals surface area (Å²) in [5, 5.41) is 11.2. The number of carbonyl (C=O) groups is 5. The number of rotatable bonds is 12. The third kappa shape index (κ3) is 6.86. The van der Waals surface area contributed by atoms with Gasteiger partial charge >= 0.3 is 0 Å².